The zero-order valence-electron chi connectivity index (χ0n) is 12.4. The van der Waals surface area contributed by atoms with Gasteiger partial charge in [-0.05, 0) is 48.4 Å². The molecule has 0 saturated heterocycles. The van der Waals surface area contributed by atoms with Crippen molar-refractivity contribution in [2.75, 3.05) is 6.61 Å². The number of nitrogens with zero attached hydrogens (tertiary/aromatic N) is 2. The van der Waals surface area contributed by atoms with Crippen molar-refractivity contribution in [1.29, 1.82) is 10.5 Å². The Labute approximate surface area is 139 Å². The van der Waals surface area contributed by atoms with E-state index in [1.165, 1.54) is 0 Å². The number of nitriles is 2. The number of phenolic OH excluding ortho intramolecular Hbond substituents is 1. The van der Waals surface area contributed by atoms with Gasteiger partial charge in [0.2, 0.25) is 0 Å². The molecule has 2 aromatic rings. The molecule has 23 heavy (non-hydrogen) atoms. The van der Waals surface area contributed by atoms with Crippen LogP contribution in [0.4, 0.5) is 0 Å². The maximum atomic E-state index is 9.85. The summed E-state index contributed by atoms with van der Waals surface area (Å²) in [6, 6.07) is 14.0. The zero-order chi connectivity index (χ0) is 16.8. The summed E-state index contributed by atoms with van der Waals surface area (Å²) in [5, 5.41) is 28.2. The number of hydrogen-bond acceptors (Lipinski definition) is 4. The molecule has 0 bridgehead atoms. The molecule has 0 saturated carbocycles. The number of halogens is 1. The Kier molecular flexibility index (Phi) is 5.25. The molecule has 0 heterocycles. The highest BCUT2D eigenvalue weighted by Gasteiger charge is 2.10. The number of allylic oxidation sites excluding steroid dienone is 1. The second kappa shape index (κ2) is 7.35. The lowest BCUT2D eigenvalue weighted by Crippen LogP contribution is -1.93. The minimum Gasteiger partial charge on any atom is -0.503 e. The lowest BCUT2D eigenvalue weighted by atomic mass is 10.0. The van der Waals surface area contributed by atoms with E-state index < -0.39 is 0 Å². The van der Waals surface area contributed by atoms with Crippen molar-refractivity contribution >= 4 is 23.3 Å². The topological polar surface area (TPSA) is 77.0 Å². The van der Waals surface area contributed by atoms with Crippen molar-refractivity contribution in [2.45, 2.75) is 6.92 Å². The first kappa shape index (κ1) is 16.4. The van der Waals surface area contributed by atoms with Gasteiger partial charge in [0.1, 0.15) is 0 Å². The second-order valence-electron chi connectivity index (χ2n) is 4.64. The van der Waals surface area contributed by atoms with Gasteiger partial charge in [0.15, 0.2) is 11.5 Å². The Morgan fingerprint density at radius 1 is 1.26 bits per heavy atom. The molecule has 114 valence electrons. The minimum absolute atomic E-state index is 0.123. The van der Waals surface area contributed by atoms with E-state index in [0.717, 1.165) is 0 Å². The maximum Gasteiger partial charge on any atom is 0.176 e. The van der Waals surface area contributed by atoms with Gasteiger partial charge < -0.3 is 9.84 Å². The molecule has 0 fully saturated rings. The molecule has 0 aliphatic heterocycles. The lowest BCUT2D eigenvalue weighted by molar-refractivity contribution is 0.318. The quantitative estimate of drug-likeness (QED) is 0.668. The second-order valence-corrected chi connectivity index (χ2v) is 5.05. The van der Waals surface area contributed by atoms with Crippen LogP contribution in [-0.2, 0) is 0 Å². The van der Waals surface area contributed by atoms with Crippen LogP contribution in [0.3, 0.4) is 0 Å². The summed E-state index contributed by atoms with van der Waals surface area (Å²) in [4.78, 5) is 0. The number of ether oxygens (including phenoxy) is 1. The van der Waals surface area contributed by atoms with E-state index in [-0.39, 0.29) is 16.5 Å². The van der Waals surface area contributed by atoms with E-state index in [4.69, 9.17) is 21.6 Å². The highest BCUT2D eigenvalue weighted by atomic mass is 35.5. The summed E-state index contributed by atoms with van der Waals surface area (Å²) < 4.78 is 5.33. The van der Waals surface area contributed by atoms with Gasteiger partial charge in [0, 0.05) is 0 Å². The Bertz CT molecular complexity index is 828. The Morgan fingerprint density at radius 2 is 1.96 bits per heavy atom. The minimum atomic E-state index is -0.123. The molecule has 0 unspecified atom stereocenters. The van der Waals surface area contributed by atoms with Gasteiger partial charge in [-0.25, -0.2) is 0 Å². The Balaban J connectivity index is 2.45. The number of benzene rings is 2. The van der Waals surface area contributed by atoms with Gasteiger partial charge in [0.05, 0.1) is 34.9 Å². The molecular formula is C18H13ClN2O2. The molecule has 0 aromatic heterocycles. The molecule has 0 aliphatic rings. The predicted octanol–water partition coefficient (Wildman–Crippen LogP) is 4.38. The van der Waals surface area contributed by atoms with E-state index in [1.54, 1.807) is 49.4 Å². The molecule has 0 amide bonds. The summed E-state index contributed by atoms with van der Waals surface area (Å²) in [7, 11) is 0. The first-order valence-corrected chi connectivity index (χ1v) is 7.24. The van der Waals surface area contributed by atoms with Crippen LogP contribution >= 0.6 is 11.6 Å². The van der Waals surface area contributed by atoms with Crippen LogP contribution in [-0.4, -0.2) is 11.7 Å². The van der Waals surface area contributed by atoms with Gasteiger partial charge >= 0.3 is 0 Å². The van der Waals surface area contributed by atoms with E-state index in [9.17, 15) is 10.4 Å². The van der Waals surface area contributed by atoms with Crippen molar-refractivity contribution in [3.8, 4) is 23.6 Å². The molecule has 0 radical (unpaired) electrons. The standard InChI is InChI=1S/C18H13ClN2O2/c1-2-23-17-9-13(8-16(19)18(17)22)7-15(11-21)14-5-3-12(10-20)4-6-14/h3-9,22H,2H2,1H3/b15-7+. The summed E-state index contributed by atoms with van der Waals surface area (Å²) in [6.07, 6.45) is 1.65. The third-order valence-electron chi connectivity index (χ3n) is 3.11. The lowest BCUT2D eigenvalue weighted by Gasteiger charge is -2.09. The highest BCUT2D eigenvalue weighted by Crippen LogP contribution is 2.36. The smallest absolute Gasteiger partial charge is 0.176 e. The third kappa shape index (κ3) is 3.83. The number of rotatable bonds is 4. The fourth-order valence-corrected chi connectivity index (χ4v) is 2.23. The predicted molar refractivity (Wildman–Crippen MR) is 88.9 cm³/mol. The van der Waals surface area contributed by atoms with Crippen LogP contribution in [0.25, 0.3) is 11.6 Å². The van der Waals surface area contributed by atoms with Gasteiger partial charge in [-0.3, -0.25) is 0 Å². The fraction of sp³-hybridized carbons (Fsp3) is 0.111. The first-order valence-electron chi connectivity index (χ1n) is 6.86. The van der Waals surface area contributed by atoms with Crippen molar-refractivity contribution in [3.63, 3.8) is 0 Å². The molecule has 1 N–H and O–H groups in total. The molecule has 0 atom stereocenters. The summed E-state index contributed by atoms with van der Waals surface area (Å²) in [6.45, 7) is 2.19. The van der Waals surface area contributed by atoms with E-state index in [2.05, 4.69) is 6.07 Å². The molecule has 2 aromatic carbocycles. The summed E-state index contributed by atoms with van der Waals surface area (Å²) in [5.41, 5.74) is 2.27. The van der Waals surface area contributed by atoms with Crippen LogP contribution < -0.4 is 4.74 Å². The molecule has 2 rings (SSSR count). The number of phenols is 1. The fourth-order valence-electron chi connectivity index (χ4n) is 2.01. The molecule has 0 aliphatic carbocycles. The van der Waals surface area contributed by atoms with Crippen molar-refractivity contribution in [2.24, 2.45) is 0 Å². The van der Waals surface area contributed by atoms with Gasteiger partial charge in [-0.2, -0.15) is 10.5 Å². The highest BCUT2D eigenvalue weighted by molar-refractivity contribution is 6.32. The van der Waals surface area contributed by atoms with Gasteiger partial charge in [-0.1, -0.05) is 23.7 Å². The summed E-state index contributed by atoms with van der Waals surface area (Å²) in [5.74, 6) is 0.144. The SMILES string of the molecule is CCOc1cc(/C=C(\C#N)c2ccc(C#N)cc2)cc(Cl)c1O. The van der Waals surface area contributed by atoms with Gasteiger partial charge in [-0.15, -0.1) is 0 Å². The third-order valence-corrected chi connectivity index (χ3v) is 3.40. The average Bonchev–Trinajstić information content (AvgIpc) is 2.57. The molecule has 5 heteroatoms. The number of hydrogen-bond donors (Lipinski definition) is 1. The van der Waals surface area contributed by atoms with Crippen molar-refractivity contribution in [3.05, 3.63) is 58.1 Å². The van der Waals surface area contributed by atoms with E-state index in [0.29, 0.717) is 28.9 Å². The van der Waals surface area contributed by atoms with E-state index >= 15 is 0 Å². The normalized spacial score (nSPS) is 10.7. The molecule has 0 spiro atoms. The van der Waals surface area contributed by atoms with Gasteiger partial charge in [0.25, 0.3) is 0 Å². The molecule has 4 nitrogen and oxygen atoms in total. The Hall–Kier alpha value is -2.95. The first-order chi connectivity index (χ1) is 11.1. The molecular weight excluding hydrogens is 312 g/mol. The van der Waals surface area contributed by atoms with E-state index in [1.807, 2.05) is 6.07 Å². The Morgan fingerprint density at radius 3 is 2.52 bits per heavy atom. The monoisotopic (exact) mass is 324 g/mol. The van der Waals surface area contributed by atoms with Crippen LogP contribution in [0, 0.1) is 22.7 Å². The van der Waals surface area contributed by atoms with Crippen LogP contribution in [0.15, 0.2) is 36.4 Å². The van der Waals surface area contributed by atoms with Crippen LogP contribution in [0.5, 0.6) is 11.5 Å². The number of aromatic hydroxyl groups is 1. The largest absolute Gasteiger partial charge is 0.503 e. The van der Waals surface area contributed by atoms with Crippen molar-refractivity contribution < 1.29 is 9.84 Å². The summed E-state index contributed by atoms with van der Waals surface area (Å²) >= 11 is 5.99. The zero-order valence-corrected chi connectivity index (χ0v) is 13.1. The van der Waals surface area contributed by atoms with Crippen LogP contribution in [0.2, 0.25) is 5.02 Å². The maximum absolute atomic E-state index is 9.85. The van der Waals surface area contributed by atoms with Crippen LogP contribution in [0.1, 0.15) is 23.6 Å². The van der Waals surface area contributed by atoms with Crippen molar-refractivity contribution in [1.82, 2.24) is 0 Å². The average molecular weight is 325 g/mol.